The SMILES string of the molecule is O=C(O)C(CCCCCCCCCO)C(=O)O. The monoisotopic (exact) mass is 246 g/mol. The Kier molecular flexibility index (Phi) is 9.43. The molecule has 0 aliphatic rings. The number of rotatable bonds is 11. The van der Waals surface area contributed by atoms with Gasteiger partial charge in [0, 0.05) is 6.61 Å². The van der Waals surface area contributed by atoms with Gasteiger partial charge >= 0.3 is 11.9 Å². The lowest BCUT2D eigenvalue weighted by Gasteiger charge is -2.06. The molecule has 0 rings (SSSR count). The smallest absolute Gasteiger partial charge is 0.317 e. The van der Waals surface area contributed by atoms with Crippen LogP contribution in [0.2, 0.25) is 0 Å². The molecule has 0 aliphatic heterocycles. The maximum atomic E-state index is 10.6. The fourth-order valence-corrected chi connectivity index (χ4v) is 1.70. The molecular formula is C12H22O5. The van der Waals surface area contributed by atoms with Crippen LogP contribution in [0.5, 0.6) is 0 Å². The van der Waals surface area contributed by atoms with Gasteiger partial charge in [0.1, 0.15) is 0 Å². The van der Waals surface area contributed by atoms with Crippen LogP contribution in [0.3, 0.4) is 0 Å². The van der Waals surface area contributed by atoms with Crippen LogP contribution < -0.4 is 0 Å². The van der Waals surface area contributed by atoms with Crippen LogP contribution in [0.4, 0.5) is 0 Å². The molecule has 0 amide bonds. The van der Waals surface area contributed by atoms with E-state index in [2.05, 4.69) is 0 Å². The highest BCUT2D eigenvalue weighted by Crippen LogP contribution is 2.13. The van der Waals surface area contributed by atoms with Crippen LogP contribution >= 0.6 is 0 Å². The van der Waals surface area contributed by atoms with E-state index in [1.54, 1.807) is 0 Å². The Morgan fingerprint density at radius 1 is 0.765 bits per heavy atom. The first-order valence-corrected chi connectivity index (χ1v) is 6.16. The lowest BCUT2D eigenvalue weighted by molar-refractivity contribution is -0.154. The maximum Gasteiger partial charge on any atom is 0.317 e. The average molecular weight is 246 g/mol. The Bertz CT molecular complexity index is 213. The first-order valence-electron chi connectivity index (χ1n) is 6.16. The van der Waals surface area contributed by atoms with E-state index < -0.39 is 17.9 Å². The molecule has 3 N–H and O–H groups in total. The maximum absolute atomic E-state index is 10.6. The third kappa shape index (κ3) is 8.68. The minimum atomic E-state index is -1.26. The summed E-state index contributed by atoms with van der Waals surface area (Å²) in [7, 11) is 0. The third-order valence-corrected chi connectivity index (χ3v) is 2.75. The van der Waals surface area contributed by atoms with Gasteiger partial charge in [0.25, 0.3) is 0 Å². The van der Waals surface area contributed by atoms with Gasteiger partial charge in [-0.25, -0.2) is 0 Å². The van der Waals surface area contributed by atoms with Gasteiger partial charge in [-0.2, -0.15) is 0 Å². The van der Waals surface area contributed by atoms with Gasteiger partial charge in [0.2, 0.25) is 0 Å². The molecule has 0 aromatic rings. The van der Waals surface area contributed by atoms with Gasteiger partial charge in [-0.15, -0.1) is 0 Å². The van der Waals surface area contributed by atoms with Gasteiger partial charge in [-0.05, 0) is 12.8 Å². The van der Waals surface area contributed by atoms with Gasteiger partial charge in [-0.3, -0.25) is 9.59 Å². The molecule has 5 heteroatoms. The second kappa shape index (κ2) is 10.1. The van der Waals surface area contributed by atoms with Crippen molar-refractivity contribution < 1.29 is 24.9 Å². The number of carboxylic acid groups (broad SMARTS) is 2. The molecule has 0 unspecified atom stereocenters. The number of hydrogen-bond acceptors (Lipinski definition) is 3. The number of aliphatic hydroxyl groups is 1. The molecule has 0 fully saturated rings. The normalized spacial score (nSPS) is 10.7. The lowest BCUT2D eigenvalue weighted by Crippen LogP contribution is -2.23. The van der Waals surface area contributed by atoms with Crippen LogP contribution in [-0.4, -0.2) is 33.9 Å². The zero-order valence-corrected chi connectivity index (χ0v) is 10.1. The molecule has 0 aromatic heterocycles. The Labute approximate surface area is 101 Å². The highest BCUT2D eigenvalue weighted by molar-refractivity contribution is 5.92. The van der Waals surface area contributed by atoms with E-state index in [0.717, 1.165) is 38.5 Å². The van der Waals surface area contributed by atoms with Gasteiger partial charge < -0.3 is 15.3 Å². The van der Waals surface area contributed by atoms with E-state index >= 15 is 0 Å². The molecule has 0 saturated heterocycles. The number of carboxylic acids is 2. The Morgan fingerprint density at radius 3 is 1.59 bits per heavy atom. The van der Waals surface area contributed by atoms with Crippen LogP contribution in [-0.2, 0) is 9.59 Å². The summed E-state index contributed by atoms with van der Waals surface area (Å²) >= 11 is 0. The zero-order chi connectivity index (χ0) is 13.1. The van der Waals surface area contributed by atoms with Crippen molar-refractivity contribution in [2.24, 2.45) is 5.92 Å². The molecule has 0 radical (unpaired) electrons. The molecule has 0 atom stereocenters. The molecule has 0 spiro atoms. The summed E-state index contributed by atoms with van der Waals surface area (Å²) in [6.45, 7) is 0.235. The van der Waals surface area contributed by atoms with Crippen LogP contribution in [0.15, 0.2) is 0 Å². The molecular weight excluding hydrogens is 224 g/mol. The van der Waals surface area contributed by atoms with Crippen molar-refractivity contribution in [3.05, 3.63) is 0 Å². The van der Waals surface area contributed by atoms with Crippen LogP contribution in [0.25, 0.3) is 0 Å². The number of carbonyl (C=O) groups is 2. The van der Waals surface area contributed by atoms with Gasteiger partial charge in [0.05, 0.1) is 0 Å². The molecule has 0 bridgehead atoms. The zero-order valence-electron chi connectivity index (χ0n) is 10.1. The standard InChI is InChI=1S/C12H22O5/c13-9-7-5-3-1-2-4-6-8-10(11(14)15)12(16)17/h10,13H,1-9H2,(H,14,15)(H,16,17). The van der Waals surface area contributed by atoms with Gasteiger partial charge in [0.15, 0.2) is 5.92 Å². The number of hydrogen-bond donors (Lipinski definition) is 3. The molecule has 17 heavy (non-hydrogen) atoms. The fraction of sp³-hybridized carbons (Fsp3) is 0.833. The molecule has 100 valence electrons. The minimum absolute atomic E-state index is 0.210. The lowest BCUT2D eigenvalue weighted by atomic mass is 10.0. The van der Waals surface area contributed by atoms with Crippen molar-refractivity contribution in [3.63, 3.8) is 0 Å². The summed E-state index contributed by atoms with van der Waals surface area (Å²) in [5, 5.41) is 25.8. The van der Waals surface area contributed by atoms with E-state index in [1.807, 2.05) is 0 Å². The Hall–Kier alpha value is -1.10. The quantitative estimate of drug-likeness (QED) is 0.382. The summed E-state index contributed by atoms with van der Waals surface area (Å²) in [4.78, 5) is 21.1. The number of unbranched alkanes of at least 4 members (excludes halogenated alkanes) is 6. The first-order chi connectivity index (χ1) is 8.09. The van der Waals surface area contributed by atoms with Crippen molar-refractivity contribution in [2.75, 3.05) is 6.61 Å². The van der Waals surface area contributed by atoms with Gasteiger partial charge in [-0.1, -0.05) is 38.5 Å². The van der Waals surface area contributed by atoms with Crippen molar-refractivity contribution >= 4 is 11.9 Å². The highest BCUT2D eigenvalue weighted by Gasteiger charge is 2.24. The molecule has 5 nitrogen and oxygen atoms in total. The Balaban J connectivity index is 3.43. The average Bonchev–Trinajstić information content (AvgIpc) is 2.26. The second-order valence-corrected chi connectivity index (χ2v) is 4.22. The van der Waals surface area contributed by atoms with E-state index in [4.69, 9.17) is 15.3 Å². The summed E-state index contributed by atoms with van der Waals surface area (Å²) < 4.78 is 0. The molecule has 0 heterocycles. The van der Waals surface area contributed by atoms with Crippen molar-refractivity contribution in [2.45, 2.75) is 51.4 Å². The van der Waals surface area contributed by atoms with E-state index in [1.165, 1.54) is 0 Å². The second-order valence-electron chi connectivity index (χ2n) is 4.22. The van der Waals surface area contributed by atoms with E-state index in [0.29, 0.717) is 6.42 Å². The predicted octanol–water partition coefficient (Wildman–Crippen LogP) is 1.88. The van der Waals surface area contributed by atoms with Crippen LogP contribution in [0.1, 0.15) is 51.4 Å². The van der Waals surface area contributed by atoms with Crippen molar-refractivity contribution in [1.29, 1.82) is 0 Å². The topological polar surface area (TPSA) is 94.8 Å². The number of aliphatic hydroxyl groups excluding tert-OH is 1. The fourth-order valence-electron chi connectivity index (χ4n) is 1.70. The van der Waals surface area contributed by atoms with Crippen LogP contribution in [0, 0.1) is 5.92 Å². The third-order valence-electron chi connectivity index (χ3n) is 2.75. The summed E-state index contributed by atoms with van der Waals surface area (Å²) in [5.41, 5.74) is 0. The molecule has 0 aromatic carbocycles. The predicted molar refractivity (Wildman–Crippen MR) is 62.8 cm³/mol. The summed E-state index contributed by atoms with van der Waals surface area (Å²) in [6.07, 6.45) is 6.70. The largest absolute Gasteiger partial charge is 0.481 e. The van der Waals surface area contributed by atoms with Crippen molar-refractivity contribution in [1.82, 2.24) is 0 Å². The summed E-state index contributed by atoms with van der Waals surface area (Å²) in [5.74, 6) is -3.76. The summed E-state index contributed by atoms with van der Waals surface area (Å²) in [6, 6.07) is 0. The van der Waals surface area contributed by atoms with E-state index in [-0.39, 0.29) is 13.0 Å². The molecule has 0 saturated carbocycles. The Morgan fingerprint density at radius 2 is 1.18 bits per heavy atom. The number of aliphatic carboxylic acids is 2. The highest BCUT2D eigenvalue weighted by atomic mass is 16.4. The van der Waals surface area contributed by atoms with E-state index in [9.17, 15) is 9.59 Å². The van der Waals surface area contributed by atoms with Crippen molar-refractivity contribution in [3.8, 4) is 0 Å². The minimum Gasteiger partial charge on any atom is -0.481 e. The molecule has 0 aliphatic carbocycles. The first kappa shape index (κ1) is 15.9.